The van der Waals surface area contributed by atoms with E-state index in [1.807, 2.05) is 56.8 Å². The van der Waals surface area contributed by atoms with E-state index in [1.165, 1.54) is 0 Å². The molecule has 1 aromatic heterocycles. The van der Waals surface area contributed by atoms with Crippen LogP contribution in [0.4, 0.5) is 5.69 Å². The molecule has 0 radical (unpaired) electrons. The molecule has 0 aliphatic carbocycles. The number of aryl methyl sites for hydroxylation is 2. The summed E-state index contributed by atoms with van der Waals surface area (Å²) in [5.74, 6) is -0.664. The number of hydrogen-bond acceptors (Lipinski definition) is 3. The van der Waals surface area contributed by atoms with Crippen molar-refractivity contribution >= 4 is 17.5 Å². The highest BCUT2D eigenvalue weighted by molar-refractivity contribution is 6.01. The van der Waals surface area contributed by atoms with Gasteiger partial charge in [0.25, 0.3) is 0 Å². The van der Waals surface area contributed by atoms with Gasteiger partial charge in [0.2, 0.25) is 11.8 Å². The zero-order chi connectivity index (χ0) is 18.1. The van der Waals surface area contributed by atoms with E-state index in [9.17, 15) is 9.59 Å². The highest BCUT2D eigenvalue weighted by atomic mass is 16.2. The third-order valence-corrected chi connectivity index (χ3v) is 4.87. The SMILES string of the molecule is Cc1nn(C)c(C)c1C[C@@H](C)NC(=O)[C@H]1CC(=O)Nc2ccccc21. The predicted molar refractivity (Wildman–Crippen MR) is 96.4 cm³/mol. The molecule has 132 valence electrons. The fourth-order valence-corrected chi connectivity index (χ4v) is 3.46. The summed E-state index contributed by atoms with van der Waals surface area (Å²) in [4.78, 5) is 24.7. The number of rotatable bonds is 4. The Kier molecular flexibility index (Phi) is 4.61. The Morgan fingerprint density at radius 3 is 2.80 bits per heavy atom. The number of hydrogen-bond donors (Lipinski definition) is 2. The Morgan fingerprint density at radius 1 is 1.40 bits per heavy atom. The number of nitrogens with zero attached hydrogens (tertiary/aromatic N) is 2. The smallest absolute Gasteiger partial charge is 0.228 e. The van der Waals surface area contributed by atoms with E-state index in [-0.39, 0.29) is 24.3 Å². The third-order valence-electron chi connectivity index (χ3n) is 4.87. The normalized spacial score (nSPS) is 17.6. The average molecular weight is 340 g/mol. The van der Waals surface area contributed by atoms with E-state index in [2.05, 4.69) is 15.7 Å². The van der Waals surface area contributed by atoms with Crippen molar-refractivity contribution in [3.8, 4) is 0 Å². The first-order valence-corrected chi connectivity index (χ1v) is 8.55. The zero-order valence-corrected chi connectivity index (χ0v) is 15.1. The molecule has 6 nitrogen and oxygen atoms in total. The summed E-state index contributed by atoms with van der Waals surface area (Å²) in [6.45, 7) is 6.00. The van der Waals surface area contributed by atoms with Gasteiger partial charge in [0.05, 0.1) is 11.6 Å². The summed E-state index contributed by atoms with van der Waals surface area (Å²) >= 11 is 0. The summed E-state index contributed by atoms with van der Waals surface area (Å²) in [5, 5.41) is 10.3. The summed E-state index contributed by atoms with van der Waals surface area (Å²) in [6, 6.07) is 7.45. The number of nitrogens with one attached hydrogen (secondary N) is 2. The van der Waals surface area contributed by atoms with Crippen molar-refractivity contribution in [1.82, 2.24) is 15.1 Å². The molecule has 1 aliphatic rings. The van der Waals surface area contributed by atoms with Crippen molar-refractivity contribution in [2.45, 2.75) is 45.6 Å². The van der Waals surface area contributed by atoms with Crippen LogP contribution in [0.25, 0.3) is 0 Å². The summed E-state index contributed by atoms with van der Waals surface area (Å²) in [7, 11) is 1.92. The molecule has 3 rings (SSSR count). The van der Waals surface area contributed by atoms with Crippen molar-refractivity contribution in [2.24, 2.45) is 7.05 Å². The van der Waals surface area contributed by atoms with E-state index >= 15 is 0 Å². The Balaban J connectivity index is 1.73. The van der Waals surface area contributed by atoms with Crippen molar-refractivity contribution in [2.75, 3.05) is 5.32 Å². The molecule has 0 saturated heterocycles. The van der Waals surface area contributed by atoms with Crippen LogP contribution in [0.15, 0.2) is 24.3 Å². The molecule has 0 bridgehead atoms. The molecule has 0 spiro atoms. The molecule has 2 atom stereocenters. The number of carbonyl (C=O) groups excluding carboxylic acids is 2. The Labute approximate surface area is 147 Å². The minimum atomic E-state index is -0.441. The maximum Gasteiger partial charge on any atom is 0.228 e. The van der Waals surface area contributed by atoms with Gasteiger partial charge in [-0.25, -0.2) is 0 Å². The molecular weight excluding hydrogens is 316 g/mol. The zero-order valence-electron chi connectivity index (χ0n) is 15.1. The van der Waals surface area contributed by atoms with Crippen LogP contribution < -0.4 is 10.6 Å². The van der Waals surface area contributed by atoms with Crippen LogP contribution in [0.2, 0.25) is 0 Å². The minimum Gasteiger partial charge on any atom is -0.353 e. The van der Waals surface area contributed by atoms with Gasteiger partial charge in [0, 0.05) is 30.9 Å². The first kappa shape index (κ1) is 17.2. The second-order valence-corrected chi connectivity index (χ2v) is 6.78. The number of carbonyl (C=O) groups is 2. The number of amides is 2. The molecule has 1 aromatic carbocycles. The van der Waals surface area contributed by atoms with E-state index in [1.54, 1.807) is 0 Å². The number of benzene rings is 1. The monoisotopic (exact) mass is 340 g/mol. The predicted octanol–water partition coefficient (Wildman–Crippen LogP) is 2.21. The maximum absolute atomic E-state index is 12.8. The van der Waals surface area contributed by atoms with Crippen LogP contribution in [0, 0.1) is 13.8 Å². The molecule has 6 heteroatoms. The van der Waals surface area contributed by atoms with Crippen molar-refractivity contribution in [3.05, 3.63) is 46.8 Å². The van der Waals surface area contributed by atoms with Gasteiger partial charge in [0.1, 0.15) is 0 Å². The fourth-order valence-electron chi connectivity index (χ4n) is 3.46. The van der Waals surface area contributed by atoms with E-state index in [0.29, 0.717) is 0 Å². The average Bonchev–Trinajstić information content (AvgIpc) is 2.80. The molecule has 0 saturated carbocycles. The number of aromatic nitrogens is 2. The van der Waals surface area contributed by atoms with Crippen molar-refractivity contribution < 1.29 is 9.59 Å². The van der Waals surface area contributed by atoms with Gasteiger partial charge >= 0.3 is 0 Å². The van der Waals surface area contributed by atoms with E-state index in [0.717, 1.165) is 34.6 Å². The Morgan fingerprint density at radius 2 is 2.12 bits per heavy atom. The second-order valence-electron chi connectivity index (χ2n) is 6.78. The fraction of sp³-hybridized carbons (Fsp3) is 0.421. The van der Waals surface area contributed by atoms with Crippen LogP contribution >= 0.6 is 0 Å². The number of anilines is 1. The van der Waals surface area contributed by atoms with Gasteiger partial charge in [-0.2, -0.15) is 5.10 Å². The standard InChI is InChI=1S/C19H24N4O2/c1-11(9-15-12(2)22-23(4)13(15)3)20-19(25)16-10-18(24)21-17-8-6-5-7-14(16)17/h5-8,11,16H,9-10H2,1-4H3,(H,20,25)(H,21,24)/t11-,16+/m1/s1. The van der Waals surface area contributed by atoms with Gasteiger partial charge in [-0.3, -0.25) is 14.3 Å². The lowest BCUT2D eigenvalue weighted by molar-refractivity contribution is -0.126. The number of fused-ring (bicyclic) bond motifs is 1. The highest BCUT2D eigenvalue weighted by Crippen LogP contribution is 2.32. The lowest BCUT2D eigenvalue weighted by Gasteiger charge is -2.26. The maximum atomic E-state index is 12.8. The number of para-hydroxylation sites is 1. The van der Waals surface area contributed by atoms with Crippen molar-refractivity contribution in [3.63, 3.8) is 0 Å². The Hall–Kier alpha value is -2.63. The molecule has 2 aromatic rings. The minimum absolute atomic E-state index is 0.0359. The molecular formula is C19H24N4O2. The largest absolute Gasteiger partial charge is 0.353 e. The van der Waals surface area contributed by atoms with Crippen LogP contribution in [0.1, 0.15) is 41.8 Å². The molecule has 2 heterocycles. The highest BCUT2D eigenvalue weighted by Gasteiger charge is 2.31. The molecule has 2 N–H and O–H groups in total. The second kappa shape index (κ2) is 6.70. The van der Waals surface area contributed by atoms with Gasteiger partial charge < -0.3 is 10.6 Å². The lowest BCUT2D eigenvalue weighted by Crippen LogP contribution is -2.40. The summed E-state index contributed by atoms with van der Waals surface area (Å²) in [6.07, 6.45) is 0.901. The summed E-state index contributed by atoms with van der Waals surface area (Å²) < 4.78 is 1.86. The Bertz CT molecular complexity index is 825. The van der Waals surface area contributed by atoms with E-state index in [4.69, 9.17) is 0 Å². The quantitative estimate of drug-likeness (QED) is 0.896. The van der Waals surface area contributed by atoms with Crippen LogP contribution in [0.3, 0.4) is 0 Å². The molecule has 2 amide bonds. The summed E-state index contributed by atoms with van der Waals surface area (Å²) in [5.41, 5.74) is 4.87. The molecule has 0 unspecified atom stereocenters. The van der Waals surface area contributed by atoms with E-state index < -0.39 is 5.92 Å². The molecule has 1 aliphatic heterocycles. The molecule has 25 heavy (non-hydrogen) atoms. The van der Waals surface area contributed by atoms with Crippen LogP contribution in [0.5, 0.6) is 0 Å². The first-order valence-electron chi connectivity index (χ1n) is 8.55. The van der Waals surface area contributed by atoms with Crippen molar-refractivity contribution in [1.29, 1.82) is 0 Å². The van der Waals surface area contributed by atoms with Crippen LogP contribution in [-0.2, 0) is 23.1 Å². The topological polar surface area (TPSA) is 76.0 Å². The van der Waals surface area contributed by atoms with Gasteiger partial charge in [-0.15, -0.1) is 0 Å². The van der Waals surface area contributed by atoms with Gasteiger partial charge in [0.15, 0.2) is 0 Å². The lowest BCUT2D eigenvalue weighted by atomic mass is 9.89. The van der Waals surface area contributed by atoms with Gasteiger partial charge in [-0.05, 0) is 44.4 Å². The third kappa shape index (κ3) is 3.43. The van der Waals surface area contributed by atoms with Crippen LogP contribution in [-0.4, -0.2) is 27.6 Å². The molecule has 0 fully saturated rings. The van der Waals surface area contributed by atoms with Gasteiger partial charge in [-0.1, -0.05) is 18.2 Å². The first-order chi connectivity index (χ1) is 11.9.